The lowest BCUT2D eigenvalue weighted by Crippen LogP contribution is -2.51. The van der Waals surface area contributed by atoms with Crippen molar-refractivity contribution < 1.29 is 14.0 Å². The molecule has 1 saturated carbocycles. The van der Waals surface area contributed by atoms with Crippen molar-refractivity contribution in [3.8, 4) is 0 Å². The predicted octanol–water partition coefficient (Wildman–Crippen LogP) is 2.35. The Balaban J connectivity index is 1.19. The summed E-state index contributed by atoms with van der Waals surface area (Å²) < 4.78 is 5.91. The van der Waals surface area contributed by atoms with Gasteiger partial charge in [0.25, 0.3) is 0 Å². The molecule has 1 aromatic heterocycles. The number of likely N-dealkylation sites (N-methyl/N-ethyl adjacent to an activating group) is 1. The van der Waals surface area contributed by atoms with Crippen LogP contribution in [0.4, 0.5) is 0 Å². The molecule has 3 heterocycles. The van der Waals surface area contributed by atoms with Gasteiger partial charge < -0.3 is 19.1 Å². The smallest absolute Gasteiger partial charge is 0.225 e. The molecule has 0 aromatic carbocycles. The normalized spacial score (nSPS) is 26.5. The summed E-state index contributed by atoms with van der Waals surface area (Å²) in [4.78, 5) is 31.5. The van der Waals surface area contributed by atoms with Gasteiger partial charge >= 0.3 is 0 Å². The number of nitrogens with zero attached hydrogens (tertiary/aromatic N) is 3. The summed E-state index contributed by atoms with van der Waals surface area (Å²) in [5.41, 5.74) is 0. The van der Waals surface area contributed by atoms with E-state index in [4.69, 9.17) is 4.42 Å². The molecule has 6 nitrogen and oxygen atoms in total. The SMILES string of the molecule is C[C@H]1C[C@@H]1c1ccc(CCC(=O)N2CCC(C(=O)N3CCN(C)CC3)CC2)o1. The van der Waals surface area contributed by atoms with Gasteiger partial charge in [0.1, 0.15) is 11.5 Å². The van der Waals surface area contributed by atoms with Crippen molar-refractivity contribution in [2.75, 3.05) is 46.3 Å². The van der Waals surface area contributed by atoms with Crippen molar-refractivity contribution in [3.05, 3.63) is 23.7 Å². The van der Waals surface area contributed by atoms with E-state index in [2.05, 4.69) is 24.9 Å². The van der Waals surface area contributed by atoms with E-state index < -0.39 is 0 Å². The van der Waals surface area contributed by atoms with Crippen LogP contribution in [0.3, 0.4) is 0 Å². The largest absolute Gasteiger partial charge is 0.466 e. The fourth-order valence-corrected chi connectivity index (χ4v) is 4.50. The maximum atomic E-state index is 12.7. The van der Waals surface area contributed by atoms with E-state index in [0.29, 0.717) is 31.8 Å². The quantitative estimate of drug-likeness (QED) is 0.778. The molecule has 0 spiro atoms. The topological polar surface area (TPSA) is 57.0 Å². The van der Waals surface area contributed by atoms with Crippen LogP contribution < -0.4 is 0 Å². The average Bonchev–Trinajstić information content (AvgIpc) is 3.26. The van der Waals surface area contributed by atoms with E-state index in [0.717, 1.165) is 56.5 Å². The van der Waals surface area contributed by atoms with Crippen molar-refractivity contribution in [2.45, 2.75) is 44.9 Å². The highest BCUT2D eigenvalue weighted by atomic mass is 16.3. The van der Waals surface area contributed by atoms with Crippen LogP contribution >= 0.6 is 0 Å². The number of piperazine rings is 1. The van der Waals surface area contributed by atoms with Gasteiger partial charge in [-0.15, -0.1) is 0 Å². The molecule has 2 atom stereocenters. The standard InChI is InChI=1S/C22H33N3O3/c1-16-15-19(16)20-5-3-18(28-20)4-6-21(26)24-9-7-17(8-10-24)22(27)25-13-11-23(2)12-14-25/h3,5,16-17,19H,4,6-15H2,1-2H3/t16-,19-/m0/s1. The Morgan fingerprint density at radius 3 is 2.36 bits per heavy atom. The highest BCUT2D eigenvalue weighted by molar-refractivity contribution is 5.80. The lowest BCUT2D eigenvalue weighted by molar-refractivity contribution is -0.141. The van der Waals surface area contributed by atoms with Gasteiger partial charge in [-0.3, -0.25) is 9.59 Å². The van der Waals surface area contributed by atoms with E-state index in [1.54, 1.807) is 0 Å². The van der Waals surface area contributed by atoms with Crippen LogP contribution in [0.5, 0.6) is 0 Å². The molecule has 0 unspecified atom stereocenters. The van der Waals surface area contributed by atoms with Crippen LogP contribution in [-0.4, -0.2) is 72.8 Å². The fourth-order valence-electron chi connectivity index (χ4n) is 4.50. The van der Waals surface area contributed by atoms with Gasteiger partial charge in [0.2, 0.25) is 11.8 Å². The molecule has 2 aliphatic heterocycles. The fraction of sp³-hybridized carbons (Fsp3) is 0.727. The Morgan fingerprint density at radius 1 is 1.04 bits per heavy atom. The number of likely N-dealkylation sites (tertiary alicyclic amines) is 1. The molecule has 154 valence electrons. The zero-order valence-corrected chi connectivity index (χ0v) is 17.2. The third kappa shape index (κ3) is 4.43. The van der Waals surface area contributed by atoms with Gasteiger partial charge in [0, 0.05) is 63.9 Å². The monoisotopic (exact) mass is 387 g/mol. The van der Waals surface area contributed by atoms with Gasteiger partial charge in [0.15, 0.2) is 0 Å². The summed E-state index contributed by atoms with van der Waals surface area (Å²) in [6.45, 7) is 7.22. The number of carbonyl (C=O) groups is 2. The predicted molar refractivity (Wildman–Crippen MR) is 107 cm³/mol. The number of aryl methyl sites for hydroxylation is 1. The number of piperidine rings is 1. The van der Waals surface area contributed by atoms with Crippen molar-refractivity contribution in [1.29, 1.82) is 0 Å². The first-order chi connectivity index (χ1) is 13.5. The highest BCUT2D eigenvalue weighted by Gasteiger charge is 2.36. The minimum atomic E-state index is 0.0839. The van der Waals surface area contributed by atoms with Crippen LogP contribution in [0.15, 0.2) is 16.5 Å². The lowest BCUT2D eigenvalue weighted by Gasteiger charge is -2.37. The van der Waals surface area contributed by atoms with Crippen LogP contribution in [0.25, 0.3) is 0 Å². The summed E-state index contributed by atoms with van der Waals surface area (Å²) in [5.74, 6) is 3.87. The number of hydrogen-bond acceptors (Lipinski definition) is 4. The van der Waals surface area contributed by atoms with Crippen LogP contribution in [0.2, 0.25) is 0 Å². The first-order valence-electron chi connectivity index (χ1n) is 10.8. The first kappa shape index (κ1) is 19.5. The number of carbonyl (C=O) groups excluding carboxylic acids is 2. The molecule has 2 amide bonds. The molecule has 3 fully saturated rings. The third-order valence-electron chi connectivity index (χ3n) is 6.75. The van der Waals surface area contributed by atoms with E-state index in [9.17, 15) is 9.59 Å². The molecule has 0 radical (unpaired) electrons. The second-order valence-electron chi connectivity index (χ2n) is 8.91. The number of hydrogen-bond donors (Lipinski definition) is 0. The van der Waals surface area contributed by atoms with Crippen molar-refractivity contribution in [2.24, 2.45) is 11.8 Å². The summed E-state index contributed by atoms with van der Waals surface area (Å²) in [6.07, 6.45) is 3.96. The van der Waals surface area contributed by atoms with Gasteiger partial charge in [-0.25, -0.2) is 0 Å². The Kier molecular flexibility index (Phi) is 5.76. The Labute approximate surface area is 167 Å². The molecular formula is C22H33N3O3. The second-order valence-corrected chi connectivity index (χ2v) is 8.91. The van der Waals surface area contributed by atoms with E-state index >= 15 is 0 Å². The average molecular weight is 388 g/mol. The summed E-state index contributed by atoms with van der Waals surface area (Å²) in [5, 5.41) is 0. The Morgan fingerprint density at radius 2 is 1.71 bits per heavy atom. The van der Waals surface area contributed by atoms with Crippen molar-refractivity contribution in [1.82, 2.24) is 14.7 Å². The summed E-state index contributed by atoms with van der Waals surface area (Å²) in [7, 11) is 2.10. The summed E-state index contributed by atoms with van der Waals surface area (Å²) >= 11 is 0. The summed E-state index contributed by atoms with van der Waals surface area (Å²) in [6, 6.07) is 4.10. The van der Waals surface area contributed by atoms with E-state index in [1.807, 2.05) is 15.9 Å². The number of rotatable bonds is 5. The first-order valence-corrected chi connectivity index (χ1v) is 10.8. The molecular weight excluding hydrogens is 354 g/mol. The van der Waals surface area contributed by atoms with Crippen LogP contribution in [0, 0.1) is 11.8 Å². The second kappa shape index (κ2) is 8.27. The minimum Gasteiger partial charge on any atom is -0.466 e. The third-order valence-corrected chi connectivity index (χ3v) is 6.75. The van der Waals surface area contributed by atoms with Gasteiger partial charge in [-0.1, -0.05) is 6.92 Å². The van der Waals surface area contributed by atoms with Gasteiger partial charge in [-0.2, -0.15) is 0 Å². The molecule has 1 aromatic rings. The molecule has 28 heavy (non-hydrogen) atoms. The lowest BCUT2D eigenvalue weighted by atomic mass is 9.94. The number of furan rings is 1. The van der Waals surface area contributed by atoms with Crippen molar-refractivity contribution in [3.63, 3.8) is 0 Å². The van der Waals surface area contributed by atoms with Gasteiger partial charge in [-0.05, 0) is 44.4 Å². The molecule has 3 aliphatic rings. The molecule has 2 saturated heterocycles. The molecule has 6 heteroatoms. The highest BCUT2D eigenvalue weighted by Crippen LogP contribution is 2.47. The van der Waals surface area contributed by atoms with E-state index in [-0.39, 0.29) is 17.7 Å². The van der Waals surface area contributed by atoms with Crippen molar-refractivity contribution >= 4 is 11.8 Å². The Bertz CT molecular complexity index is 700. The van der Waals surface area contributed by atoms with Crippen LogP contribution in [0.1, 0.15) is 50.0 Å². The minimum absolute atomic E-state index is 0.0839. The van der Waals surface area contributed by atoms with Crippen LogP contribution in [-0.2, 0) is 16.0 Å². The van der Waals surface area contributed by atoms with E-state index in [1.165, 1.54) is 6.42 Å². The zero-order chi connectivity index (χ0) is 19.7. The zero-order valence-electron chi connectivity index (χ0n) is 17.2. The number of amides is 2. The maximum absolute atomic E-state index is 12.7. The molecule has 0 N–H and O–H groups in total. The Hall–Kier alpha value is -1.82. The molecule has 0 bridgehead atoms. The maximum Gasteiger partial charge on any atom is 0.225 e. The molecule has 1 aliphatic carbocycles. The molecule has 4 rings (SSSR count). The van der Waals surface area contributed by atoms with Gasteiger partial charge in [0.05, 0.1) is 0 Å².